The molecule has 0 radical (unpaired) electrons. The Bertz CT molecular complexity index is 719. The van der Waals surface area contributed by atoms with Crippen LogP contribution in [0.2, 0.25) is 0 Å². The third kappa shape index (κ3) is 18.2. The molecule has 0 saturated carbocycles. The molecule has 2 aromatic rings. The minimum Gasteiger partial charge on any atom is -0.870 e. The van der Waals surface area contributed by atoms with E-state index in [1.54, 1.807) is 14.0 Å². The second-order valence-electron chi connectivity index (χ2n) is 3.96. The van der Waals surface area contributed by atoms with Gasteiger partial charge in [-0.25, -0.2) is 9.36 Å². The summed E-state index contributed by atoms with van der Waals surface area (Å²) < 4.78 is 57.0. The first-order valence-corrected chi connectivity index (χ1v) is 6.49. The molecule has 0 fully saturated rings. The fraction of sp³-hybridized carbons (Fsp3) is 0.385. The van der Waals surface area contributed by atoms with E-state index < -0.39 is 13.2 Å². The molecule has 0 atom stereocenters. The zero-order chi connectivity index (χ0) is 21.4. The average molecular weight is 422 g/mol. The summed E-state index contributed by atoms with van der Waals surface area (Å²) in [4.78, 5) is 32.5. The second kappa shape index (κ2) is 19.8. The van der Waals surface area contributed by atoms with Crippen molar-refractivity contribution in [2.75, 3.05) is 0 Å². The SMILES string of the molecule is Cc1cc(OC(F)F)n(C)n1.Cn1nccc1OC(F)F.O=C=O.O=C=O.[Li+].[OH-]. The van der Waals surface area contributed by atoms with Crippen LogP contribution >= 0.6 is 0 Å². The molecule has 11 nitrogen and oxygen atoms in total. The second-order valence-corrected chi connectivity index (χ2v) is 3.96. The van der Waals surface area contributed by atoms with Crippen LogP contribution < -0.4 is 28.3 Å². The molecule has 0 saturated heterocycles. The minimum absolute atomic E-state index is 0. The first kappa shape index (κ1) is 33.6. The first-order valence-electron chi connectivity index (χ1n) is 6.49. The topological polar surface area (TPSA) is 152 Å². The van der Waals surface area contributed by atoms with E-state index in [-0.39, 0.29) is 48.4 Å². The molecular weight excluding hydrogens is 407 g/mol. The van der Waals surface area contributed by atoms with Crippen molar-refractivity contribution in [1.82, 2.24) is 19.6 Å². The Balaban J connectivity index is -0.000000161. The van der Waals surface area contributed by atoms with Crippen molar-refractivity contribution >= 4 is 12.3 Å². The van der Waals surface area contributed by atoms with Crippen LogP contribution in [-0.4, -0.2) is 50.6 Å². The molecule has 0 bridgehead atoms. The number of nitrogens with zero attached hydrogens (tertiary/aromatic N) is 4. The molecule has 0 amide bonds. The Kier molecular flexibility index (Phi) is 23.0. The van der Waals surface area contributed by atoms with Crippen LogP contribution in [0.4, 0.5) is 17.6 Å². The van der Waals surface area contributed by atoms with Crippen molar-refractivity contribution < 1.29 is 70.6 Å². The summed E-state index contributed by atoms with van der Waals surface area (Å²) >= 11 is 0. The van der Waals surface area contributed by atoms with Gasteiger partial charge >= 0.3 is 44.4 Å². The van der Waals surface area contributed by atoms with Gasteiger partial charge in [0.1, 0.15) is 0 Å². The van der Waals surface area contributed by atoms with Gasteiger partial charge in [-0.2, -0.15) is 46.9 Å². The first-order chi connectivity index (χ1) is 12.6. The van der Waals surface area contributed by atoms with Crippen LogP contribution in [0.3, 0.4) is 0 Å². The van der Waals surface area contributed by atoms with E-state index in [9.17, 15) is 17.6 Å². The summed E-state index contributed by atoms with van der Waals surface area (Å²) in [5.74, 6) is 0.146. The monoisotopic (exact) mass is 422 g/mol. The number of halogens is 4. The number of hydrogen-bond donors (Lipinski definition) is 0. The van der Waals surface area contributed by atoms with Gasteiger partial charge in [0.15, 0.2) is 0 Å². The van der Waals surface area contributed by atoms with Gasteiger partial charge in [-0.3, -0.25) is 0 Å². The van der Waals surface area contributed by atoms with Crippen molar-refractivity contribution in [2.45, 2.75) is 20.1 Å². The van der Waals surface area contributed by atoms with Crippen LogP contribution in [0, 0.1) is 6.92 Å². The third-order valence-corrected chi connectivity index (χ3v) is 2.15. The van der Waals surface area contributed by atoms with E-state index in [0.717, 1.165) is 0 Å². The molecule has 1 N–H and O–H groups in total. The predicted molar refractivity (Wildman–Crippen MR) is 76.4 cm³/mol. The van der Waals surface area contributed by atoms with Gasteiger partial charge in [-0.05, 0) is 6.92 Å². The summed E-state index contributed by atoms with van der Waals surface area (Å²) in [6, 6.07) is 2.82. The Morgan fingerprint density at radius 3 is 1.62 bits per heavy atom. The van der Waals surface area contributed by atoms with E-state index in [4.69, 9.17) is 19.2 Å². The molecule has 16 heteroatoms. The molecule has 0 aliphatic carbocycles. The standard InChI is InChI=1S/C6H8F2N2O.C5H6F2N2O.2CO2.Li.H2O/c1-4-3-5(10(2)9-4)11-6(7)8;1-9-4(2-3-8-9)10-5(6)7;2*2-1-3;;/h3,6H,1-2H3;2-3,5H,1H3;;;;1H2/q;;;;+1;/p-1. The smallest absolute Gasteiger partial charge is 0.870 e. The number of ether oxygens (including phenoxy) is 2. The molecule has 0 aromatic carbocycles. The largest absolute Gasteiger partial charge is 1.00 e. The van der Waals surface area contributed by atoms with E-state index >= 15 is 0 Å². The fourth-order valence-corrected chi connectivity index (χ4v) is 1.36. The van der Waals surface area contributed by atoms with Crippen molar-refractivity contribution in [2.24, 2.45) is 14.1 Å². The average Bonchev–Trinajstić information content (AvgIpc) is 3.06. The van der Waals surface area contributed by atoms with Crippen LogP contribution in [-0.2, 0) is 33.3 Å². The molecule has 0 aliphatic heterocycles. The van der Waals surface area contributed by atoms with Gasteiger partial charge < -0.3 is 14.9 Å². The predicted octanol–water partition coefficient (Wildman–Crippen LogP) is -1.99. The molecule has 158 valence electrons. The van der Waals surface area contributed by atoms with E-state index in [1.165, 1.54) is 34.7 Å². The Morgan fingerprint density at radius 1 is 0.931 bits per heavy atom. The molecule has 2 aromatic heterocycles. The summed E-state index contributed by atoms with van der Waals surface area (Å²) in [5.41, 5.74) is 0.656. The van der Waals surface area contributed by atoms with Crippen LogP contribution in [0.15, 0.2) is 18.3 Å². The van der Waals surface area contributed by atoms with Gasteiger partial charge in [-0.15, -0.1) is 0 Å². The maximum atomic E-state index is 11.6. The molecule has 2 heterocycles. The normalized spacial score (nSPS) is 8.17. The number of alkyl halides is 4. The summed E-state index contributed by atoms with van der Waals surface area (Å²) in [5, 5.41) is 7.45. The fourth-order valence-electron chi connectivity index (χ4n) is 1.36. The van der Waals surface area contributed by atoms with Crippen molar-refractivity contribution in [3.63, 3.8) is 0 Å². The van der Waals surface area contributed by atoms with Gasteiger partial charge in [0.25, 0.3) is 0 Å². The molecular formula is C13H15F4LiN4O7. The molecule has 0 unspecified atom stereocenters. The minimum atomic E-state index is -2.79. The number of carbonyl (C=O) groups excluding carboxylic acids is 4. The van der Waals surface area contributed by atoms with Crippen LogP contribution in [0.5, 0.6) is 11.8 Å². The van der Waals surface area contributed by atoms with Gasteiger partial charge in [0, 0.05) is 26.2 Å². The Labute approximate surface area is 173 Å². The van der Waals surface area contributed by atoms with E-state index in [2.05, 4.69) is 19.7 Å². The maximum absolute atomic E-state index is 11.6. The van der Waals surface area contributed by atoms with Crippen molar-refractivity contribution in [3.05, 3.63) is 24.0 Å². The zero-order valence-electron chi connectivity index (χ0n) is 15.6. The number of hydrogen-bond acceptors (Lipinski definition) is 9. The van der Waals surface area contributed by atoms with Crippen molar-refractivity contribution in [3.8, 4) is 11.8 Å². The summed E-state index contributed by atoms with van der Waals surface area (Å²) in [7, 11) is 3.07. The Morgan fingerprint density at radius 2 is 1.34 bits per heavy atom. The zero-order valence-corrected chi connectivity index (χ0v) is 15.6. The third-order valence-electron chi connectivity index (χ3n) is 2.15. The van der Waals surface area contributed by atoms with E-state index in [0.29, 0.717) is 5.69 Å². The summed E-state index contributed by atoms with van der Waals surface area (Å²) in [6.07, 6.45) is 1.89. The molecule has 29 heavy (non-hydrogen) atoms. The quantitative estimate of drug-likeness (QED) is 0.403. The Hall–Kier alpha value is -2.94. The molecule has 2 rings (SSSR count). The van der Waals surface area contributed by atoms with Crippen LogP contribution in [0.25, 0.3) is 0 Å². The number of aromatic nitrogens is 4. The number of aryl methyl sites for hydroxylation is 3. The van der Waals surface area contributed by atoms with Crippen molar-refractivity contribution in [1.29, 1.82) is 0 Å². The van der Waals surface area contributed by atoms with E-state index in [1.807, 2.05) is 0 Å². The van der Waals surface area contributed by atoms with Crippen LogP contribution in [0.1, 0.15) is 5.69 Å². The van der Waals surface area contributed by atoms with Gasteiger partial charge in [-0.1, -0.05) is 0 Å². The maximum Gasteiger partial charge on any atom is 1.00 e. The van der Waals surface area contributed by atoms with Gasteiger partial charge in [0.2, 0.25) is 11.8 Å². The number of rotatable bonds is 4. The summed E-state index contributed by atoms with van der Waals surface area (Å²) in [6.45, 7) is -3.86. The van der Waals surface area contributed by atoms with Gasteiger partial charge in [0.05, 0.1) is 11.9 Å². The molecule has 0 aliphatic rings. The molecule has 0 spiro atoms.